The lowest BCUT2D eigenvalue weighted by Crippen LogP contribution is -2.06. The van der Waals surface area contributed by atoms with Gasteiger partial charge in [-0.25, -0.2) is 0 Å². The van der Waals surface area contributed by atoms with Crippen LogP contribution < -0.4 is 5.32 Å². The summed E-state index contributed by atoms with van der Waals surface area (Å²) in [6.07, 6.45) is 0. The van der Waals surface area contributed by atoms with Crippen molar-refractivity contribution in [3.05, 3.63) is 57.5 Å². The fraction of sp³-hybridized carbons (Fsp3) is 0.286. The molecule has 0 aliphatic heterocycles. The van der Waals surface area contributed by atoms with Crippen LogP contribution in [0.5, 0.6) is 0 Å². The maximum Gasteiger partial charge on any atom is 0.271 e. The first kappa shape index (κ1) is 13.1. The average Bonchev–Trinajstić information content (AvgIpc) is 2.75. The van der Waals surface area contributed by atoms with E-state index in [-0.39, 0.29) is 16.7 Å². The van der Waals surface area contributed by atoms with E-state index in [1.54, 1.807) is 6.07 Å². The Kier molecular flexibility index (Phi) is 3.55. The quantitative estimate of drug-likeness (QED) is 0.667. The van der Waals surface area contributed by atoms with Crippen molar-refractivity contribution in [1.82, 2.24) is 0 Å². The fourth-order valence-electron chi connectivity index (χ4n) is 1.96. The lowest BCUT2D eigenvalue weighted by atomic mass is 10.1. The number of nitro benzene ring substituents is 1. The van der Waals surface area contributed by atoms with E-state index in [0.29, 0.717) is 5.69 Å². The first-order chi connectivity index (χ1) is 8.95. The predicted octanol–water partition coefficient (Wildman–Crippen LogP) is 3.98. The predicted molar refractivity (Wildman–Crippen MR) is 73.3 cm³/mol. The van der Waals surface area contributed by atoms with Crippen LogP contribution in [0.15, 0.2) is 34.7 Å². The first-order valence-corrected chi connectivity index (χ1v) is 6.04. The summed E-state index contributed by atoms with van der Waals surface area (Å²) in [5, 5.41) is 14.0. The molecule has 0 radical (unpaired) electrons. The minimum Gasteiger partial charge on any atom is -0.464 e. The molecule has 0 saturated heterocycles. The molecule has 0 aliphatic carbocycles. The molecule has 0 aliphatic rings. The van der Waals surface area contributed by atoms with Crippen molar-refractivity contribution < 1.29 is 9.34 Å². The Morgan fingerprint density at radius 3 is 2.58 bits per heavy atom. The van der Waals surface area contributed by atoms with E-state index in [0.717, 1.165) is 17.1 Å². The van der Waals surface area contributed by atoms with Crippen LogP contribution >= 0.6 is 0 Å². The number of furan rings is 1. The number of anilines is 1. The molecule has 0 bridgehead atoms. The van der Waals surface area contributed by atoms with E-state index in [2.05, 4.69) is 5.32 Å². The lowest BCUT2D eigenvalue weighted by molar-refractivity contribution is -0.384. The number of non-ortho nitro benzene ring substituents is 1. The molecule has 2 rings (SSSR count). The normalized spacial score (nSPS) is 12.2. The van der Waals surface area contributed by atoms with Crippen molar-refractivity contribution in [3.8, 4) is 0 Å². The molecule has 1 N–H and O–H groups in total. The van der Waals surface area contributed by atoms with Crippen LogP contribution in [-0.4, -0.2) is 4.92 Å². The first-order valence-electron chi connectivity index (χ1n) is 6.04. The maximum absolute atomic E-state index is 10.8. The zero-order valence-corrected chi connectivity index (χ0v) is 11.1. The number of aryl methyl sites for hydroxylation is 2. The molecule has 0 amide bonds. The highest BCUT2D eigenvalue weighted by Crippen LogP contribution is 2.25. The number of nitro groups is 1. The number of nitrogens with zero attached hydrogens (tertiary/aromatic N) is 1. The molecule has 0 spiro atoms. The molecule has 5 heteroatoms. The molecule has 0 fully saturated rings. The van der Waals surface area contributed by atoms with Crippen LogP contribution in [0, 0.1) is 24.0 Å². The summed E-state index contributed by atoms with van der Waals surface area (Å²) in [6.45, 7) is 5.67. The summed E-state index contributed by atoms with van der Waals surface area (Å²) in [4.78, 5) is 10.4. The Labute approximate surface area is 111 Å². The van der Waals surface area contributed by atoms with Gasteiger partial charge in [-0.1, -0.05) is 0 Å². The van der Waals surface area contributed by atoms with E-state index in [9.17, 15) is 10.1 Å². The van der Waals surface area contributed by atoms with Gasteiger partial charge in [0.2, 0.25) is 0 Å². The summed E-state index contributed by atoms with van der Waals surface area (Å²) in [5.74, 6) is 1.65. The van der Waals surface area contributed by atoms with Crippen molar-refractivity contribution in [2.45, 2.75) is 26.8 Å². The topological polar surface area (TPSA) is 68.3 Å². The molecule has 5 nitrogen and oxygen atoms in total. The SMILES string of the molecule is Cc1cc(NC(C)c2ccc(C)o2)cc([N+](=O)[O-])c1. The lowest BCUT2D eigenvalue weighted by Gasteiger charge is -2.13. The van der Waals surface area contributed by atoms with Gasteiger partial charge < -0.3 is 9.73 Å². The molecule has 1 aromatic carbocycles. The summed E-state index contributed by atoms with van der Waals surface area (Å²) in [6, 6.07) is 8.70. The monoisotopic (exact) mass is 260 g/mol. The van der Waals surface area contributed by atoms with E-state index in [4.69, 9.17) is 4.42 Å². The number of rotatable bonds is 4. The fourth-order valence-corrected chi connectivity index (χ4v) is 1.96. The van der Waals surface area contributed by atoms with E-state index < -0.39 is 0 Å². The largest absolute Gasteiger partial charge is 0.464 e. The van der Waals surface area contributed by atoms with Crippen LogP contribution in [-0.2, 0) is 0 Å². The highest BCUT2D eigenvalue weighted by molar-refractivity contribution is 5.54. The highest BCUT2D eigenvalue weighted by atomic mass is 16.6. The van der Waals surface area contributed by atoms with Crippen molar-refractivity contribution >= 4 is 11.4 Å². The number of hydrogen-bond donors (Lipinski definition) is 1. The minimum absolute atomic E-state index is 0.0462. The molecule has 1 aromatic heterocycles. The van der Waals surface area contributed by atoms with Crippen LogP contribution in [0.4, 0.5) is 11.4 Å². The standard InChI is InChI=1S/C14H16N2O3/c1-9-6-12(8-13(7-9)16(17)18)15-11(3)14-5-4-10(2)19-14/h4-8,11,15H,1-3H3. The van der Waals surface area contributed by atoms with Crippen LogP contribution in [0.1, 0.15) is 30.0 Å². The van der Waals surface area contributed by atoms with Gasteiger partial charge in [0, 0.05) is 17.8 Å². The van der Waals surface area contributed by atoms with Gasteiger partial charge in [-0.05, 0) is 44.5 Å². The molecule has 1 unspecified atom stereocenters. The second-order valence-corrected chi connectivity index (χ2v) is 4.63. The van der Waals surface area contributed by atoms with Crippen LogP contribution in [0.3, 0.4) is 0 Å². The molecule has 1 heterocycles. The summed E-state index contributed by atoms with van der Waals surface area (Å²) >= 11 is 0. The maximum atomic E-state index is 10.8. The molecular formula is C14H16N2O3. The summed E-state index contributed by atoms with van der Waals surface area (Å²) < 4.78 is 5.53. The molecule has 100 valence electrons. The Morgan fingerprint density at radius 1 is 1.26 bits per heavy atom. The number of nitrogens with one attached hydrogen (secondary N) is 1. The van der Waals surface area contributed by atoms with Gasteiger partial charge in [0.1, 0.15) is 11.5 Å². The van der Waals surface area contributed by atoms with Gasteiger partial charge in [0.15, 0.2) is 0 Å². The minimum atomic E-state index is -0.389. The Bertz CT molecular complexity index is 604. The second-order valence-electron chi connectivity index (χ2n) is 4.63. The van der Waals surface area contributed by atoms with E-state index in [1.165, 1.54) is 6.07 Å². The zero-order valence-electron chi connectivity index (χ0n) is 11.1. The number of benzene rings is 1. The summed E-state index contributed by atoms with van der Waals surface area (Å²) in [7, 11) is 0. The molecule has 1 atom stereocenters. The third-order valence-corrected chi connectivity index (χ3v) is 2.84. The molecule has 19 heavy (non-hydrogen) atoms. The van der Waals surface area contributed by atoms with Crippen LogP contribution in [0.25, 0.3) is 0 Å². The summed E-state index contributed by atoms with van der Waals surface area (Å²) in [5.41, 5.74) is 1.65. The third-order valence-electron chi connectivity index (χ3n) is 2.84. The van der Waals surface area contributed by atoms with Crippen molar-refractivity contribution in [2.75, 3.05) is 5.32 Å². The van der Waals surface area contributed by atoms with Crippen molar-refractivity contribution in [2.24, 2.45) is 0 Å². The van der Waals surface area contributed by atoms with Gasteiger partial charge in [-0.3, -0.25) is 10.1 Å². The van der Waals surface area contributed by atoms with Gasteiger partial charge in [-0.15, -0.1) is 0 Å². The second kappa shape index (κ2) is 5.14. The molecular weight excluding hydrogens is 244 g/mol. The Morgan fingerprint density at radius 2 is 2.00 bits per heavy atom. The van der Waals surface area contributed by atoms with Crippen LogP contribution in [0.2, 0.25) is 0 Å². The third kappa shape index (κ3) is 3.13. The van der Waals surface area contributed by atoms with Gasteiger partial charge in [-0.2, -0.15) is 0 Å². The van der Waals surface area contributed by atoms with Crippen molar-refractivity contribution in [3.63, 3.8) is 0 Å². The molecule has 0 saturated carbocycles. The highest BCUT2D eigenvalue weighted by Gasteiger charge is 2.12. The van der Waals surface area contributed by atoms with E-state index in [1.807, 2.05) is 39.0 Å². The zero-order chi connectivity index (χ0) is 14.0. The molecule has 2 aromatic rings. The van der Waals surface area contributed by atoms with Crippen molar-refractivity contribution in [1.29, 1.82) is 0 Å². The van der Waals surface area contributed by atoms with E-state index >= 15 is 0 Å². The number of hydrogen-bond acceptors (Lipinski definition) is 4. The smallest absolute Gasteiger partial charge is 0.271 e. The Hall–Kier alpha value is -2.30. The van der Waals surface area contributed by atoms with Gasteiger partial charge in [0.05, 0.1) is 11.0 Å². The average molecular weight is 260 g/mol. The van der Waals surface area contributed by atoms with Gasteiger partial charge in [0.25, 0.3) is 5.69 Å². The van der Waals surface area contributed by atoms with Gasteiger partial charge >= 0.3 is 0 Å². The Balaban J connectivity index is 2.21.